The summed E-state index contributed by atoms with van der Waals surface area (Å²) in [5, 5.41) is 15.1. The number of benzene rings is 2. The topological polar surface area (TPSA) is 103 Å². The Balaban J connectivity index is 1.59. The molecule has 8 nitrogen and oxygen atoms in total. The van der Waals surface area contributed by atoms with Crippen LogP contribution in [0.25, 0.3) is 17.0 Å². The van der Waals surface area contributed by atoms with Gasteiger partial charge in [0.05, 0.1) is 6.54 Å². The second-order valence-electron chi connectivity index (χ2n) is 7.13. The number of aryl methyl sites for hydroxylation is 1. The largest absolute Gasteiger partial charge is 0.423 e. The summed E-state index contributed by atoms with van der Waals surface area (Å²) in [4.78, 5) is 26.5. The predicted molar refractivity (Wildman–Crippen MR) is 119 cm³/mol. The molecular weight excluding hydrogens is 396 g/mol. The van der Waals surface area contributed by atoms with Gasteiger partial charge in [0.15, 0.2) is 0 Å². The first-order valence-electron chi connectivity index (χ1n) is 9.63. The van der Waals surface area contributed by atoms with Gasteiger partial charge in [-0.3, -0.25) is 0 Å². The van der Waals surface area contributed by atoms with Crippen molar-refractivity contribution in [2.24, 2.45) is 0 Å². The van der Waals surface area contributed by atoms with E-state index in [9.17, 15) is 14.9 Å². The minimum Gasteiger partial charge on any atom is -0.423 e. The van der Waals surface area contributed by atoms with Gasteiger partial charge in [-0.05, 0) is 38.7 Å². The third kappa shape index (κ3) is 4.37. The minimum atomic E-state index is -0.538. The maximum absolute atomic E-state index is 12.1. The van der Waals surface area contributed by atoms with Gasteiger partial charge in [-0.15, -0.1) is 0 Å². The van der Waals surface area contributed by atoms with Crippen LogP contribution in [0.15, 0.2) is 70.5 Å². The van der Waals surface area contributed by atoms with Crippen molar-refractivity contribution in [3.63, 3.8) is 0 Å². The molecule has 2 heterocycles. The summed E-state index contributed by atoms with van der Waals surface area (Å²) < 4.78 is 7.04. The molecule has 0 aliphatic rings. The molecule has 4 rings (SSSR count). The molecule has 0 aliphatic heterocycles. The number of nitro groups is 1. The van der Waals surface area contributed by atoms with Crippen LogP contribution in [-0.2, 0) is 13.1 Å². The van der Waals surface area contributed by atoms with Crippen LogP contribution in [-0.4, -0.2) is 14.5 Å². The van der Waals surface area contributed by atoms with E-state index >= 15 is 0 Å². The second-order valence-corrected chi connectivity index (χ2v) is 7.13. The van der Waals surface area contributed by atoms with Gasteiger partial charge in [-0.2, -0.15) is 0 Å². The lowest BCUT2D eigenvalue weighted by atomic mass is 10.1. The van der Waals surface area contributed by atoms with Crippen LogP contribution in [0, 0.1) is 17.0 Å². The molecule has 1 N–H and O–H groups in total. The van der Waals surface area contributed by atoms with Crippen LogP contribution in [0.3, 0.4) is 0 Å². The number of imidazole rings is 1. The summed E-state index contributed by atoms with van der Waals surface area (Å²) in [7, 11) is 0. The van der Waals surface area contributed by atoms with Gasteiger partial charge in [0.25, 0.3) is 0 Å². The van der Waals surface area contributed by atoms with Crippen molar-refractivity contribution in [3.05, 3.63) is 104 Å². The summed E-state index contributed by atoms with van der Waals surface area (Å²) in [6.45, 7) is 6.33. The lowest BCUT2D eigenvalue weighted by molar-refractivity contribution is -0.389. The van der Waals surface area contributed by atoms with Crippen molar-refractivity contribution in [2.75, 3.05) is 5.32 Å². The molecular formula is C23H20N4O4. The molecule has 0 fully saturated rings. The SMILES string of the molecule is C=Cc1ccc(CNc2ccc3c(Cn4cc([N+](=O)[O-])nc4C)cc(=O)oc3c2)cc1. The Labute approximate surface area is 177 Å². The van der Waals surface area contributed by atoms with Gasteiger partial charge in [0, 0.05) is 36.7 Å². The molecule has 31 heavy (non-hydrogen) atoms. The molecule has 0 bridgehead atoms. The minimum absolute atomic E-state index is 0.225. The monoisotopic (exact) mass is 416 g/mol. The highest BCUT2D eigenvalue weighted by Crippen LogP contribution is 2.23. The standard InChI is InChI=1S/C23H20N4O4/c1-3-16-4-6-17(7-5-16)12-24-19-8-9-20-18(10-23(28)31-21(20)11-19)13-26-14-22(27(29)30)25-15(26)2/h3-11,14,24H,1,12-13H2,2H3. The number of hydrogen-bond acceptors (Lipinski definition) is 6. The van der Waals surface area contributed by atoms with Crippen LogP contribution < -0.4 is 10.9 Å². The smallest absolute Gasteiger partial charge is 0.381 e. The van der Waals surface area contributed by atoms with Crippen LogP contribution in [0.4, 0.5) is 11.5 Å². The first kappa shape index (κ1) is 20.1. The maximum Gasteiger partial charge on any atom is 0.381 e. The quantitative estimate of drug-likeness (QED) is 0.270. The highest BCUT2D eigenvalue weighted by atomic mass is 16.6. The third-order valence-electron chi connectivity index (χ3n) is 5.03. The van der Waals surface area contributed by atoms with E-state index in [1.165, 1.54) is 12.3 Å². The van der Waals surface area contributed by atoms with E-state index in [0.29, 0.717) is 23.5 Å². The predicted octanol–water partition coefficient (Wildman–Crippen LogP) is 4.51. The second kappa shape index (κ2) is 8.27. The summed E-state index contributed by atoms with van der Waals surface area (Å²) in [5.74, 6) is 0.270. The zero-order valence-corrected chi connectivity index (χ0v) is 16.9. The number of anilines is 1. The van der Waals surface area contributed by atoms with Crippen molar-refractivity contribution >= 4 is 28.6 Å². The number of rotatable bonds is 7. The maximum atomic E-state index is 12.1. The van der Waals surface area contributed by atoms with Gasteiger partial charge in [-0.1, -0.05) is 36.9 Å². The Kier molecular flexibility index (Phi) is 5.36. The summed E-state index contributed by atoms with van der Waals surface area (Å²) in [6, 6.07) is 15.0. The summed E-state index contributed by atoms with van der Waals surface area (Å²) >= 11 is 0. The van der Waals surface area contributed by atoms with Crippen LogP contribution in [0.2, 0.25) is 0 Å². The van der Waals surface area contributed by atoms with Crippen molar-refractivity contribution in [1.82, 2.24) is 9.55 Å². The van der Waals surface area contributed by atoms with Crippen LogP contribution in [0.1, 0.15) is 22.5 Å². The molecule has 0 spiro atoms. The van der Waals surface area contributed by atoms with E-state index in [2.05, 4.69) is 16.9 Å². The van der Waals surface area contributed by atoms with Gasteiger partial charge >= 0.3 is 11.4 Å². The molecule has 2 aromatic heterocycles. The highest BCUT2D eigenvalue weighted by molar-refractivity contribution is 5.83. The normalized spacial score (nSPS) is 10.9. The Morgan fingerprint density at radius 1 is 1.23 bits per heavy atom. The third-order valence-corrected chi connectivity index (χ3v) is 5.03. The molecule has 0 saturated heterocycles. The van der Waals surface area contributed by atoms with E-state index in [1.807, 2.05) is 36.4 Å². The molecule has 4 aromatic rings. The molecule has 0 radical (unpaired) electrons. The van der Waals surface area contributed by atoms with Crippen LogP contribution in [0.5, 0.6) is 0 Å². The zero-order chi connectivity index (χ0) is 22.0. The Morgan fingerprint density at radius 2 is 2.00 bits per heavy atom. The molecule has 0 aliphatic carbocycles. The molecule has 2 aromatic carbocycles. The number of hydrogen-bond donors (Lipinski definition) is 1. The average Bonchev–Trinajstić information content (AvgIpc) is 3.13. The molecule has 0 atom stereocenters. The number of aromatic nitrogens is 2. The van der Waals surface area contributed by atoms with Crippen molar-refractivity contribution in [2.45, 2.75) is 20.0 Å². The van der Waals surface area contributed by atoms with E-state index in [0.717, 1.165) is 22.2 Å². The Hall–Kier alpha value is -4.20. The van der Waals surface area contributed by atoms with Crippen molar-refractivity contribution in [3.8, 4) is 0 Å². The first-order chi connectivity index (χ1) is 14.9. The first-order valence-corrected chi connectivity index (χ1v) is 9.63. The van der Waals surface area contributed by atoms with E-state index in [4.69, 9.17) is 4.42 Å². The van der Waals surface area contributed by atoms with Gasteiger partial charge < -0.3 is 24.4 Å². The van der Waals surface area contributed by atoms with Crippen LogP contribution >= 0.6 is 0 Å². The number of fused-ring (bicyclic) bond motifs is 1. The molecule has 156 valence electrons. The lowest BCUT2D eigenvalue weighted by Gasteiger charge is -2.10. The average molecular weight is 416 g/mol. The van der Waals surface area contributed by atoms with E-state index in [1.54, 1.807) is 23.6 Å². The van der Waals surface area contributed by atoms with E-state index < -0.39 is 10.5 Å². The molecule has 0 saturated carbocycles. The molecule has 8 heteroatoms. The lowest BCUT2D eigenvalue weighted by Crippen LogP contribution is -2.07. The summed E-state index contributed by atoms with van der Waals surface area (Å²) in [5.41, 5.74) is 3.65. The highest BCUT2D eigenvalue weighted by Gasteiger charge is 2.16. The van der Waals surface area contributed by atoms with E-state index in [-0.39, 0.29) is 12.4 Å². The summed E-state index contributed by atoms with van der Waals surface area (Å²) in [6.07, 6.45) is 3.16. The van der Waals surface area contributed by atoms with Crippen molar-refractivity contribution < 1.29 is 9.34 Å². The van der Waals surface area contributed by atoms with Crippen molar-refractivity contribution in [1.29, 1.82) is 0 Å². The zero-order valence-electron chi connectivity index (χ0n) is 16.9. The molecule has 0 unspecified atom stereocenters. The fraction of sp³-hybridized carbons (Fsp3) is 0.130. The number of nitrogens with one attached hydrogen (secondary N) is 1. The van der Waals surface area contributed by atoms with Gasteiger partial charge in [0.1, 0.15) is 11.8 Å². The fourth-order valence-corrected chi connectivity index (χ4v) is 3.37. The fourth-order valence-electron chi connectivity index (χ4n) is 3.37. The number of nitrogens with zero attached hydrogens (tertiary/aromatic N) is 3. The van der Waals surface area contributed by atoms with Gasteiger partial charge in [0.2, 0.25) is 5.82 Å². The Bertz CT molecular complexity index is 1340. The molecule has 0 amide bonds. The van der Waals surface area contributed by atoms with Gasteiger partial charge in [-0.25, -0.2) is 4.79 Å². The Morgan fingerprint density at radius 3 is 2.68 bits per heavy atom.